The van der Waals surface area contributed by atoms with E-state index in [-0.39, 0.29) is 0 Å². The Morgan fingerprint density at radius 1 is 0.950 bits per heavy atom. The lowest BCUT2D eigenvalue weighted by molar-refractivity contribution is -0.0741. The number of halogens is 1. The van der Waals surface area contributed by atoms with Crippen LogP contribution >= 0.6 is 15.9 Å². The van der Waals surface area contributed by atoms with Gasteiger partial charge in [0.05, 0.1) is 11.7 Å². The van der Waals surface area contributed by atoms with Crippen molar-refractivity contribution >= 4 is 15.9 Å². The molecule has 1 atom stereocenters. The van der Waals surface area contributed by atoms with Crippen LogP contribution in [0, 0.1) is 0 Å². The van der Waals surface area contributed by atoms with Crippen LogP contribution in [0.15, 0.2) is 0 Å². The van der Waals surface area contributed by atoms with Crippen LogP contribution < -0.4 is 0 Å². The van der Waals surface area contributed by atoms with Crippen molar-refractivity contribution in [1.29, 1.82) is 0 Å². The summed E-state index contributed by atoms with van der Waals surface area (Å²) in [6.07, 6.45) is 9.96. The Morgan fingerprint density at radius 3 is 2.35 bits per heavy atom. The van der Waals surface area contributed by atoms with Gasteiger partial charge in [-0.05, 0) is 25.7 Å². The van der Waals surface area contributed by atoms with E-state index in [9.17, 15) is 0 Å². The van der Waals surface area contributed by atoms with Gasteiger partial charge in [-0.3, -0.25) is 9.80 Å². The van der Waals surface area contributed by atoms with Crippen LogP contribution in [-0.2, 0) is 4.74 Å². The molecule has 1 unspecified atom stereocenters. The molecule has 4 heteroatoms. The van der Waals surface area contributed by atoms with E-state index in [1.807, 2.05) is 0 Å². The van der Waals surface area contributed by atoms with E-state index in [1.54, 1.807) is 0 Å². The monoisotopic (exact) mass is 344 g/mol. The minimum Gasteiger partial charge on any atom is -0.370 e. The fraction of sp³-hybridized carbons (Fsp3) is 1.00. The standard InChI is InChI=1S/C16H29BrN2O/c17-8-9-18-10-12-19(13-11-18)14-15-4-7-16(20-15)5-2-1-3-6-16/h15H,1-14H2. The van der Waals surface area contributed by atoms with E-state index >= 15 is 0 Å². The molecule has 0 aromatic carbocycles. The van der Waals surface area contributed by atoms with Crippen LogP contribution in [-0.4, -0.2) is 66.1 Å². The molecule has 2 aliphatic heterocycles. The zero-order valence-electron chi connectivity index (χ0n) is 12.7. The number of hydrogen-bond donors (Lipinski definition) is 0. The summed E-state index contributed by atoms with van der Waals surface area (Å²) in [6, 6.07) is 0. The molecular formula is C16H29BrN2O. The van der Waals surface area contributed by atoms with Gasteiger partial charge < -0.3 is 4.74 Å². The summed E-state index contributed by atoms with van der Waals surface area (Å²) >= 11 is 3.54. The van der Waals surface area contributed by atoms with E-state index in [4.69, 9.17) is 4.74 Å². The van der Waals surface area contributed by atoms with Gasteiger partial charge in [-0.15, -0.1) is 0 Å². The van der Waals surface area contributed by atoms with Crippen molar-refractivity contribution in [1.82, 2.24) is 9.80 Å². The van der Waals surface area contributed by atoms with Crippen LogP contribution in [0.2, 0.25) is 0 Å². The zero-order chi connectivity index (χ0) is 13.8. The maximum absolute atomic E-state index is 6.50. The van der Waals surface area contributed by atoms with Crippen LogP contribution in [0.4, 0.5) is 0 Å². The summed E-state index contributed by atoms with van der Waals surface area (Å²) in [4.78, 5) is 5.18. The topological polar surface area (TPSA) is 15.7 Å². The molecule has 3 fully saturated rings. The summed E-state index contributed by atoms with van der Waals surface area (Å²) in [5.74, 6) is 0. The first-order chi connectivity index (χ1) is 9.80. The molecule has 0 aromatic heterocycles. The number of ether oxygens (including phenoxy) is 1. The van der Waals surface area contributed by atoms with Gasteiger partial charge >= 0.3 is 0 Å². The summed E-state index contributed by atoms with van der Waals surface area (Å²) in [7, 11) is 0. The summed E-state index contributed by atoms with van der Waals surface area (Å²) in [6.45, 7) is 7.26. The van der Waals surface area contributed by atoms with Gasteiger partial charge in [0.25, 0.3) is 0 Å². The molecule has 3 nitrogen and oxygen atoms in total. The molecule has 0 aromatic rings. The molecule has 0 N–H and O–H groups in total. The van der Waals surface area contributed by atoms with Crippen molar-refractivity contribution in [2.45, 2.75) is 56.7 Å². The van der Waals surface area contributed by atoms with Gasteiger partial charge in [0.15, 0.2) is 0 Å². The normalized spacial score (nSPS) is 31.9. The number of hydrogen-bond acceptors (Lipinski definition) is 3. The summed E-state index contributed by atoms with van der Waals surface area (Å²) < 4.78 is 6.50. The van der Waals surface area contributed by atoms with E-state index < -0.39 is 0 Å². The lowest BCUT2D eigenvalue weighted by Crippen LogP contribution is -2.49. The SMILES string of the molecule is BrCCN1CCN(CC2CCC3(CCCCC3)O2)CC1. The largest absolute Gasteiger partial charge is 0.370 e. The average molecular weight is 345 g/mol. The highest BCUT2D eigenvalue weighted by atomic mass is 79.9. The Labute approximate surface area is 132 Å². The lowest BCUT2D eigenvalue weighted by Gasteiger charge is -2.37. The van der Waals surface area contributed by atoms with E-state index in [2.05, 4.69) is 25.7 Å². The first kappa shape index (κ1) is 15.3. The molecule has 0 amide bonds. The van der Waals surface area contributed by atoms with Crippen molar-refractivity contribution in [3.8, 4) is 0 Å². The highest BCUT2D eigenvalue weighted by molar-refractivity contribution is 9.09. The molecule has 3 rings (SSSR count). The van der Waals surface area contributed by atoms with Crippen LogP contribution in [0.25, 0.3) is 0 Å². The molecule has 0 radical (unpaired) electrons. The molecule has 1 spiro atoms. The van der Waals surface area contributed by atoms with Gasteiger partial charge in [-0.2, -0.15) is 0 Å². The van der Waals surface area contributed by atoms with Gasteiger partial charge in [-0.1, -0.05) is 35.2 Å². The fourth-order valence-corrected chi connectivity index (χ4v) is 4.69. The van der Waals surface area contributed by atoms with Gasteiger partial charge in [0.1, 0.15) is 0 Å². The van der Waals surface area contributed by atoms with E-state index in [1.165, 1.54) is 84.2 Å². The second-order valence-corrected chi connectivity index (χ2v) is 7.65. The second kappa shape index (κ2) is 7.08. The molecular weight excluding hydrogens is 316 g/mol. The van der Waals surface area contributed by atoms with E-state index in [0.29, 0.717) is 11.7 Å². The minimum atomic E-state index is 0.292. The van der Waals surface area contributed by atoms with Crippen LogP contribution in [0.3, 0.4) is 0 Å². The van der Waals surface area contributed by atoms with Gasteiger partial charge in [-0.25, -0.2) is 0 Å². The molecule has 1 saturated carbocycles. The third kappa shape index (κ3) is 3.76. The molecule has 116 valence electrons. The zero-order valence-corrected chi connectivity index (χ0v) is 14.2. The molecule has 20 heavy (non-hydrogen) atoms. The van der Waals surface area contributed by atoms with Crippen molar-refractivity contribution in [2.24, 2.45) is 0 Å². The summed E-state index contributed by atoms with van der Waals surface area (Å²) in [5, 5.41) is 1.10. The Kier molecular flexibility index (Phi) is 5.40. The van der Waals surface area contributed by atoms with Crippen molar-refractivity contribution in [2.75, 3.05) is 44.6 Å². The fourth-order valence-electron chi connectivity index (χ4n) is 4.19. The van der Waals surface area contributed by atoms with Crippen molar-refractivity contribution < 1.29 is 4.74 Å². The Balaban J connectivity index is 1.41. The molecule has 0 bridgehead atoms. The third-order valence-corrected chi connectivity index (χ3v) is 5.79. The average Bonchev–Trinajstić information content (AvgIpc) is 2.85. The maximum Gasteiger partial charge on any atom is 0.0710 e. The number of rotatable bonds is 4. The van der Waals surface area contributed by atoms with E-state index in [0.717, 1.165) is 5.33 Å². The predicted molar refractivity (Wildman–Crippen MR) is 86.6 cm³/mol. The van der Waals surface area contributed by atoms with Gasteiger partial charge in [0.2, 0.25) is 0 Å². The lowest BCUT2D eigenvalue weighted by atomic mass is 9.83. The molecule has 1 aliphatic carbocycles. The highest BCUT2D eigenvalue weighted by Crippen LogP contribution is 2.42. The first-order valence-electron chi connectivity index (χ1n) is 8.48. The predicted octanol–water partition coefficient (Wildman–Crippen LogP) is 2.88. The van der Waals surface area contributed by atoms with Gasteiger partial charge in [0, 0.05) is 44.6 Å². The molecule has 2 saturated heterocycles. The first-order valence-corrected chi connectivity index (χ1v) is 9.60. The van der Waals surface area contributed by atoms with Crippen molar-refractivity contribution in [3.63, 3.8) is 0 Å². The highest BCUT2D eigenvalue weighted by Gasteiger charge is 2.41. The minimum absolute atomic E-state index is 0.292. The summed E-state index contributed by atoms with van der Waals surface area (Å²) in [5.41, 5.74) is 0.292. The third-order valence-electron chi connectivity index (χ3n) is 5.43. The molecule has 3 aliphatic rings. The van der Waals surface area contributed by atoms with Crippen LogP contribution in [0.1, 0.15) is 44.9 Å². The molecule has 2 heterocycles. The Hall–Kier alpha value is 0.360. The smallest absolute Gasteiger partial charge is 0.0710 e. The number of piperazine rings is 1. The number of alkyl halides is 1. The Morgan fingerprint density at radius 2 is 1.65 bits per heavy atom. The quantitative estimate of drug-likeness (QED) is 0.729. The van der Waals surface area contributed by atoms with Crippen molar-refractivity contribution in [3.05, 3.63) is 0 Å². The number of nitrogens with zero attached hydrogens (tertiary/aromatic N) is 2. The maximum atomic E-state index is 6.50. The second-order valence-electron chi connectivity index (χ2n) is 6.85. The van der Waals surface area contributed by atoms with Crippen LogP contribution in [0.5, 0.6) is 0 Å². The Bertz CT molecular complexity index is 299.